The summed E-state index contributed by atoms with van der Waals surface area (Å²) >= 11 is 1.14. The van der Waals surface area contributed by atoms with Gasteiger partial charge in [-0.15, -0.1) is 11.3 Å². The molecule has 0 saturated carbocycles. The second kappa shape index (κ2) is 5.20. The molecule has 2 atom stereocenters. The van der Waals surface area contributed by atoms with Gasteiger partial charge in [0.25, 0.3) is 10.0 Å². The molecule has 1 aromatic heterocycles. The van der Waals surface area contributed by atoms with Crippen molar-refractivity contribution in [3.05, 3.63) is 17.0 Å². The number of aliphatic hydroxyl groups excluding tert-OH is 1. The molecule has 19 heavy (non-hydrogen) atoms. The van der Waals surface area contributed by atoms with Gasteiger partial charge < -0.3 is 10.2 Å². The van der Waals surface area contributed by atoms with E-state index in [4.69, 9.17) is 5.11 Å². The van der Waals surface area contributed by atoms with Crippen molar-refractivity contribution in [2.24, 2.45) is 0 Å². The van der Waals surface area contributed by atoms with Crippen LogP contribution in [0.4, 0.5) is 0 Å². The van der Waals surface area contributed by atoms with E-state index in [-0.39, 0.29) is 17.2 Å². The smallest absolute Gasteiger partial charge is 0.322 e. The standard InChI is InChI=1S/C11H15NO5S2/c1-2-8-3-4-10(18-8)19(16,17)12-6-7(13)5-9(12)11(14)15/h3-4,7,9,13H,2,5-6H2,1H3,(H,14,15)/t7?,9-/m1/s1. The van der Waals surface area contributed by atoms with Crippen LogP contribution in [-0.4, -0.2) is 47.6 Å². The van der Waals surface area contributed by atoms with E-state index in [0.717, 1.165) is 26.9 Å². The fourth-order valence-corrected chi connectivity index (χ4v) is 5.13. The number of carbonyl (C=O) groups is 1. The van der Waals surface area contributed by atoms with E-state index in [1.165, 1.54) is 6.07 Å². The van der Waals surface area contributed by atoms with Gasteiger partial charge in [-0.1, -0.05) is 6.92 Å². The first-order valence-electron chi connectivity index (χ1n) is 5.87. The zero-order chi connectivity index (χ0) is 14.2. The van der Waals surface area contributed by atoms with Crippen molar-refractivity contribution in [3.63, 3.8) is 0 Å². The molecule has 2 rings (SSSR count). The van der Waals surface area contributed by atoms with Gasteiger partial charge >= 0.3 is 5.97 Å². The number of carboxylic acids is 1. The quantitative estimate of drug-likeness (QED) is 0.845. The lowest BCUT2D eigenvalue weighted by Gasteiger charge is -2.19. The molecule has 0 aliphatic carbocycles. The maximum absolute atomic E-state index is 12.4. The van der Waals surface area contributed by atoms with Crippen LogP contribution in [0.25, 0.3) is 0 Å². The Morgan fingerprint density at radius 3 is 2.74 bits per heavy atom. The van der Waals surface area contributed by atoms with Crippen molar-refractivity contribution < 1.29 is 23.4 Å². The molecule has 1 aliphatic rings. The van der Waals surface area contributed by atoms with Crippen LogP contribution in [0.1, 0.15) is 18.2 Å². The van der Waals surface area contributed by atoms with Gasteiger partial charge in [-0.2, -0.15) is 4.31 Å². The second-order valence-electron chi connectivity index (χ2n) is 4.39. The Hall–Kier alpha value is -0.960. The highest BCUT2D eigenvalue weighted by Gasteiger charge is 2.43. The Bertz CT molecular complexity index is 580. The average Bonchev–Trinajstić information content (AvgIpc) is 2.94. The topological polar surface area (TPSA) is 94.9 Å². The molecule has 106 valence electrons. The molecule has 1 unspecified atom stereocenters. The predicted octanol–water partition coefficient (Wildman–Crippen LogP) is 0.519. The molecule has 8 heteroatoms. The molecule has 0 radical (unpaired) electrons. The molecule has 2 heterocycles. The number of thiophene rings is 1. The molecule has 1 fully saturated rings. The van der Waals surface area contributed by atoms with E-state index >= 15 is 0 Å². The molecule has 1 aliphatic heterocycles. The van der Waals surface area contributed by atoms with Gasteiger partial charge in [0, 0.05) is 17.8 Å². The predicted molar refractivity (Wildman–Crippen MR) is 69.6 cm³/mol. The molecule has 0 bridgehead atoms. The van der Waals surface area contributed by atoms with Gasteiger partial charge in [-0.25, -0.2) is 8.42 Å². The van der Waals surface area contributed by atoms with Crippen LogP contribution in [-0.2, 0) is 21.2 Å². The largest absolute Gasteiger partial charge is 0.480 e. The first-order chi connectivity index (χ1) is 8.86. The number of hydrogen-bond acceptors (Lipinski definition) is 5. The van der Waals surface area contributed by atoms with E-state index < -0.39 is 28.1 Å². The molecule has 6 nitrogen and oxygen atoms in total. The van der Waals surface area contributed by atoms with Crippen molar-refractivity contribution in [2.75, 3.05) is 6.54 Å². The highest BCUT2D eigenvalue weighted by atomic mass is 32.2. The lowest BCUT2D eigenvalue weighted by molar-refractivity contribution is -0.140. The summed E-state index contributed by atoms with van der Waals surface area (Å²) in [5.41, 5.74) is 0. The molecule has 0 spiro atoms. The van der Waals surface area contributed by atoms with E-state index in [9.17, 15) is 18.3 Å². The second-order valence-corrected chi connectivity index (χ2v) is 7.68. The van der Waals surface area contributed by atoms with Crippen LogP contribution >= 0.6 is 11.3 Å². The molecule has 2 N–H and O–H groups in total. The number of hydrogen-bond donors (Lipinski definition) is 2. The lowest BCUT2D eigenvalue weighted by atomic mass is 10.2. The van der Waals surface area contributed by atoms with Gasteiger partial charge in [-0.3, -0.25) is 4.79 Å². The summed E-state index contributed by atoms with van der Waals surface area (Å²) in [4.78, 5) is 12.0. The van der Waals surface area contributed by atoms with Gasteiger partial charge in [0.15, 0.2) is 0 Å². The minimum atomic E-state index is -3.84. The summed E-state index contributed by atoms with van der Waals surface area (Å²) in [7, 11) is -3.84. The molecule has 0 aromatic carbocycles. The lowest BCUT2D eigenvalue weighted by Crippen LogP contribution is -2.40. The number of sulfonamides is 1. The monoisotopic (exact) mass is 305 g/mol. The molecular weight excluding hydrogens is 290 g/mol. The highest BCUT2D eigenvalue weighted by molar-refractivity contribution is 7.91. The maximum Gasteiger partial charge on any atom is 0.322 e. The van der Waals surface area contributed by atoms with Crippen LogP contribution in [0.3, 0.4) is 0 Å². The zero-order valence-corrected chi connectivity index (χ0v) is 11.9. The normalized spacial score (nSPS) is 24.7. The van der Waals surface area contributed by atoms with Crippen molar-refractivity contribution >= 4 is 27.3 Å². The third kappa shape index (κ3) is 2.66. The Morgan fingerprint density at radius 1 is 1.53 bits per heavy atom. The fourth-order valence-electron chi connectivity index (χ4n) is 2.08. The van der Waals surface area contributed by atoms with Gasteiger partial charge in [0.1, 0.15) is 10.3 Å². The summed E-state index contributed by atoms with van der Waals surface area (Å²) in [6, 6.07) is 2.02. The van der Waals surface area contributed by atoms with Gasteiger partial charge in [0.2, 0.25) is 0 Å². The van der Waals surface area contributed by atoms with Crippen LogP contribution in [0.2, 0.25) is 0 Å². The van der Waals surface area contributed by atoms with E-state index in [0.29, 0.717) is 0 Å². The molecule has 1 saturated heterocycles. The van der Waals surface area contributed by atoms with Crippen molar-refractivity contribution in [1.82, 2.24) is 4.31 Å². The summed E-state index contributed by atoms with van der Waals surface area (Å²) in [5.74, 6) is -1.23. The Kier molecular flexibility index (Phi) is 3.95. The van der Waals surface area contributed by atoms with Crippen molar-refractivity contribution in [1.29, 1.82) is 0 Å². The molecule has 0 amide bonds. The summed E-state index contributed by atoms with van der Waals surface area (Å²) in [5, 5.41) is 18.6. The van der Waals surface area contributed by atoms with Crippen LogP contribution in [0.5, 0.6) is 0 Å². The highest BCUT2D eigenvalue weighted by Crippen LogP contribution is 2.30. The van der Waals surface area contributed by atoms with E-state index in [1.54, 1.807) is 6.07 Å². The Morgan fingerprint density at radius 2 is 2.21 bits per heavy atom. The Labute approximate surface area is 115 Å². The molecular formula is C11H15NO5S2. The minimum absolute atomic E-state index is 0.0689. The fraction of sp³-hybridized carbons (Fsp3) is 0.545. The van der Waals surface area contributed by atoms with Gasteiger partial charge in [0.05, 0.1) is 6.10 Å². The third-order valence-corrected chi connectivity index (χ3v) is 6.64. The number of aliphatic carboxylic acids is 1. The number of aryl methyl sites for hydroxylation is 1. The van der Waals surface area contributed by atoms with Crippen LogP contribution in [0.15, 0.2) is 16.3 Å². The third-order valence-electron chi connectivity index (χ3n) is 3.07. The van der Waals surface area contributed by atoms with Crippen molar-refractivity contribution in [2.45, 2.75) is 36.1 Å². The number of nitrogens with zero attached hydrogens (tertiary/aromatic N) is 1. The summed E-state index contributed by atoms with van der Waals surface area (Å²) in [6.07, 6.45) is -0.271. The maximum atomic E-state index is 12.4. The Balaban J connectivity index is 2.35. The van der Waals surface area contributed by atoms with Crippen LogP contribution < -0.4 is 0 Å². The van der Waals surface area contributed by atoms with Crippen LogP contribution in [0, 0.1) is 0 Å². The van der Waals surface area contributed by atoms with Crippen molar-refractivity contribution in [3.8, 4) is 0 Å². The first-order valence-corrected chi connectivity index (χ1v) is 8.13. The minimum Gasteiger partial charge on any atom is -0.480 e. The number of carboxylic acid groups (broad SMARTS) is 1. The summed E-state index contributed by atoms with van der Waals surface area (Å²) in [6.45, 7) is 1.75. The number of β-amino-alcohol motifs (C(OH)–C–C–N with tert-alkyl or cyclic N) is 1. The first kappa shape index (κ1) is 14.4. The SMILES string of the molecule is CCc1ccc(S(=O)(=O)N2CC(O)C[C@@H]2C(=O)O)s1. The summed E-state index contributed by atoms with van der Waals surface area (Å²) < 4.78 is 25.8. The number of rotatable bonds is 4. The average molecular weight is 305 g/mol. The molecule has 1 aromatic rings. The number of aliphatic hydroxyl groups is 1. The van der Waals surface area contributed by atoms with Gasteiger partial charge in [-0.05, 0) is 18.6 Å². The zero-order valence-electron chi connectivity index (χ0n) is 10.3. The van der Waals surface area contributed by atoms with E-state index in [1.807, 2.05) is 6.92 Å². The van der Waals surface area contributed by atoms with E-state index in [2.05, 4.69) is 0 Å².